The van der Waals surface area contributed by atoms with Crippen molar-refractivity contribution >= 4 is 23.6 Å². The summed E-state index contributed by atoms with van der Waals surface area (Å²) in [5.41, 5.74) is 11.5. The van der Waals surface area contributed by atoms with Gasteiger partial charge in [0.2, 0.25) is 0 Å². The highest BCUT2D eigenvalue weighted by Gasteiger charge is 2.15. The van der Waals surface area contributed by atoms with E-state index in [-0.39, 0.29) is 6.04 Å². The average molecular weight is 481 g/mol. The van der Waals surface area contributed by atoms with Crippen molar-refractivity contribution in [2.24, 2.45) is 0 Å². The molecular weight excluding hydrogens is 440 g/mol. The maximum atomic E-state index is 12.4. The summed E-state index contributed by atoms with van der Waals surface area (Å²) in [5, 5.41) is 7.95. The van der Waals surface area contributed by atoms with Crippen LogP contribution in [0.15, 0.2) is 30.3 Å². The van der Waals surface area contributed by atoms with E-state index in [1.807, 2.05) is 13.1 Å². The summed E-state index contributed by atoms with van der Waals surface area (Å²) < 4.78 is 5.21. The molecule has 0 atom stereocenters. The molecule has 0 unspecified atom stereocenters. The molecule has 0 saturated carbocycles. The third-order valence-corrected chi connectivity index (χ3v) is 5.76. The molecule has 8 heteroatoms. The van der Waals surface area contributed by atoms with E-state index in [0.29, 0.717) is 12.3 Å². The van der Waals surface area contributed by atoms with Crippen LogP contribution in [0.4, 0.5) is 10.5 Å². The number of fused-ring (bicyclic) bond motifs is 1. The van der Waals surface area contributed by atoms with Gasteiger partial charge in [0.15, 0.2) is 0 Å². The SMILES string of the molecule is CCOC(=O)Nc1cc(-c2cccc(CN(C)CCNC)c2)nc2c1=C(NNC(C)C)CCCC=2. The van der Waals surface area contributed by atoms with Crippen LogP contribution in [0.25, 0.3) is 23.0 Å². The second kappa shape index (κ2) is 13.2. The maximum absolute atomic E-state index is 12.4. The van der Waals surface area contributed by atoms with Crippen LogP contribution in [0.5, 0.6) is 0 Å². The lowest BCUT2D eigenvalue weighted by molar-refractivity contribution is 0.168. The molecule has 0 saturated heterocycles. The van der Waals surface area contributed by atoms with E-state index < -0.39 is 6.09 Å². The molecule has 1 aromatic carbocycles. The number of carbonyl (C=O) groups excluding carboxylic acids is 1. The Balaban J connectivity index is 2.07. The fraction of sp³-hybridized carbons (Fsp3) is 0.481. The van der Waals surface area contributed by atoms with Crippen molar-refractivity contribution in [2.45, 2.75) is 52.6 Å². The molecule has 2 aromatic rings. The van der Waals surface area contributed by atoms with Crippen LogP contribution >= 0.6 is 0 Å². The smallest absolute Gasteiger partial charge is 0.411 e. The van der Waals surface area contributed by atoms with Crippen molar-refractivity contribution in [2.75, 3.05) is 39.1 Å². The topological polar surface area (TPSA) is 90.6 Å². The first-order chi connectivity index (χ1) is 16.9. The second-order valence-electron chi connectivity index (χ2n) is 9.20. The Bertz CT molecular complexity index is 1120. The van der Waals surface area contributed by atoms with E-state index in [4.69, 9.17) is 9.72 Å². The molecule has 1 aromatic heterocycles. The van der Waals surface area contributed by atoms with Gasteiger partial charge in [-0.05, 0) is 71.8 Å². The first-order valence-electron chi connectivity index (χ1n) is 12.5. The van der Waals surface area contributed by atoms with E-state index >= 15 is 0 Å². The third kappa shape index (κ3) is 7.78. The molecule has 1 aliphatic carbocycles. The van der Waals surface area contributed by atoms with E-state index in [2.05, 4.69) is 77.6 Å². The van der Waals surface area contributed by atoms with Crippen molar-refractivity contribution in [1.82, 2.24) is 26.1 Å². The summed E-state index contributed by atoms with van der Waals surface area (Å²) >= 11 is 0. The number of pyridine rings is 1. The van der Waals surface area contributed by atoms with Gasteiger partial charge in [-0.1, -0.05) is 24.3 Å². The average Bonchev–Trinajstić information content (AvgIpc) is 3.04. The Hall–Kier alpha value is -2.94. The molecule has 1 amide bonds. The van der Waals surface area contributed by atoms with Gasteiger partial charge in [0.05, 0.1) is 23.3 Å². The van der Waals surface area contributed by atoms with Gasteiger partial charge in [-0.25, -0.2) is 15.2 Å². The molecule has 4 N–H and O–H groups in total. The lowest BCUT2D eigenvalue weighted by Gasteiger charge is -2.18. The predicted octanol–water partition coefficient (Wildman–Crippen LogP) is 2.54. The normalized spacial score (nSPS) is 13.3. The van der Waals surface area contributed by atoms with E-state index in [0.717, 1.165) is 66.4 Å². The van der Waals surface area contributed by atoms with Gasteiger partial charge in [0.25, 0.3) is 0 Å². The first-order valence-corrected chi connectivity index (χ1v) is 12.5. The van der Waals surface area contributed by atoms with Crippen LogP contribution in [0.3, 0.4) is 0 Å². The molecular formula is C27H40N6O2. The minimum absolute atomic E-state index is 0.265. The largest absolute Gasteiger partial charge is 0.450 e. The molecule has 35 heavy (non-hydrogen) atoms. The Labute approximate surface area is 208 Å². The van der Waals surface area contributed by atoms with Crippen molar-refractivity contribution < 1.29 is 9.53 Å². The van der Waals surface area contributed by atoms with Gasteiger partial charge < -0.3 is 20.4 Å². The number of hydrogen-bond acceptors (Lipinski definition) is 7. The Morgan fingerprint density at radius 3 is 2.83 bits per heavy atom. The number of aromatic nitrogens is 1. The Morgan fingerprint density at radius 1 is 1.26 bits per heavy atom. The standard InChI is InChI=1S/C27H40N6O2/c1-6-35-27(34)30-25-17-24(21-11-9-10-20(16-21)18-33(5)15-14-28-4)29-22-12-7-8-13-23(26(22)25)32-31-19(2)3/h9-12,16-17,19,28,31-32H,6-8,13-15,18H2,1-5H3,(H,30,34). The molecule has 0 spiro atoms. The van der Waals surface area contributed by atoms with Crippen molar-refractivity contribution in [1.29, 1.82) is 0 Å². The number of likely N-dealkylation sites (N-methyl/N-ethyl adjacent to an activating group) is 2. The summed E-state index contributed by atoms with van der Waals surface area (Å²) in [6, 6.07) is 10.7. The summed E-state index contributed by atoms with van der Waals surface area (Å²) in [6.45, 7) is 9.04. The highest BCUT2D eigenvalue weighted by Crippen LogP contribution is 2.21. The van der Waals surface area contributed by atoms with Crippen LogP contribution in [0, 0.1) is 0 Å². The number of anilines is 1. The highest BCUT2D eigenvalue weighted by atomic mass is 16.5. The third-order valence-electron chi connectivity index (χ3n) is 5.76. The maximum Gasteiger partial charge on any atom is 0.411 e. The molecule has 1 aliphatic rings. The summed E-state index contributed by atoms with van der Waals surface area (Å²) in [4.78, 5) is 19.8. The van der Waals surface area contributed by atoms with Crippen molar-refractivity contribution in [3.63, 3.8) is 0 Å². The number of nitrogens with zero attached hydrogens (tertiary/aromatic N) is 2. The van der Waals surface area contributed by atoms with Gasteiger partial charge in [0.1, 0.15) is 0 Å². The van der Waals surface area contributed by atoms with Crippen molar-refractivity contribution in [3.8, 4) is 11.3 Å². The molecule has 0 fully saturated rings. The van der Waals surface area contributed by atoms with Crippen LogP contribution in [0.2, 0.25) is 0 Å². The van der Waals surface area contributed by atoms with Gasteiger partial charge >= 0.3 is 6.09 Å². The number of hydrazine groups is 1. The zero-order valence-corrected chi connectivity index (χ0v) is 21.7. The molecule has 1 heterocycles. The van der Waals surface area contributed by atoms with Crippen LogP contribution in [-0.4, -0.2) is 55.8 Å². The molecule has 3 rings (SSSR count). The number of rotatable bonds is 11. The minimum atomic E-state index is -0.466. The summed E-state index contributed by atoms with van der Waals surface area (Å²) in [7, 11) is 4.09. The zero-order valence-electron chi connectivity index (χ0n) is 21.7. The van der Waals surface area contributed by atoms with Crippen molar-refractivity contribution in [3.05, 3.63) is 46.5 Å². The predicted molar refractivity (Wildman–Crippen MR) is 143 cm³/mol. The molecule has 0 aliphatic heterocycles. The van der Waals surface area contributed by atoms with Gasteiger partial charge in [-0.2, -0.15) is 0 Å². The fourth-order valence-corrected chi connectivity index (χ4v) is 4.07. The molecule has 0 radical (unpaired) electrons. The minimum Gasteiger partial charge on any atom is -0.450 e. The Kier molecular flexibility index (Phi) is 10.1. The van der Waals surface area contributed by atoms with E-state index in [9.17, 15) is 4.79 Å². The number of carbonyl (C=O) groups is 1. The van der Waals surface area contributed by atoms with Crippen LogP contribution < -0.4 is 32.1 Å². The first kappa shape index (κ1) is 26.7. The summed E-state index contributed by atoms with van der Waals surface area (Å²) in [5.74, 6) is 0. The number of amides is 1. The molecule has 0 bridgehead atoms. The van der Waals surface area contributed by atoms with Gasteiger partial charge in [0, 0.05) is 42.2 Å². The second-order valence-corrected chi connectivity index (χ2v) is 9.20. The zero-order chi connectivity index (χ0) is 25.2. The van der Waals surface area contributed by atoms with Crippen LogP contribution in [-0.2, 0) is 11.3 Å². The lowest BCUT2D eigenvalue weighted by Crippen LogP contribution is -2.43. The number of ether oxygens (including phenoxy) is 1. The van der Waals surface area contributed by atoms with Gasteiger partial charge in [-0.15, -0.1) is 0 Å². The number of hydrogen-bond donors (Lipinski definition) is 4. The van der Waals surface area contributed by atoms with E-state index in [1.54, 1.807) is 6.92 Å². The quantitative estimate of drug-likeness (QED) is 0.368. The monoisotopic (exact) mass is 480 g/mol. The van der Waals surface area contributed by atoms with Crippen LogP contribution in [0.1, 0.15) is 45.6 Å². The lowest BCUT2D eigenvalue weighted by atomic mass is 10.1. The Morgan fingerprint density at radius 2 is 2.09 bits per heavy atom. The van der Waals surface area contributed by atoms with Gasteiger partial charge in [-0.3, -0.25) is 5.32 Å². The van der Waals surface area contributed by atoms with E-state index in [1.165, 1.54) is 5.56 Å². The fourth-order valence-electron chi connectivity index (χ4n) is 4.07. The molecule has 8 nitrogen and oxygen atoms in total. The highest BCUT2D eigenvalue weighted by molar-refractivity contribution is 5.86. The molecule has 190 valence electrons. The summed E-state index contributed by atoms with van der Waals surface area (Å²) in [6.07, 6.45) is 4.48. The number of nitrogens with one attached hydrogen (secondary N) is 4. The number of benzene rings is 1.